The van der Waals surface area contributed by atoms with Gasteiger partial charge in [0.15, 0.2) is 0 Å². The van der Waals surface area contributed by atoms with E-state index in [2.05, 4.69) is 57.9 Å². The number of hydrogen-bond donors (Lipinski definition) is 2. The minimum absolute atomic E-state index is 0.261. The summed E-state index contributed by atoms with van der Waals surface area (Å²) < 4.78 is 1.92. The van der Waals surface area contributed by atoms with Crippen LogP contribution in [0.5, 0.6) is 0 Å². The topological polar surface area (TPSA) is 76.2 Å². The van der Waals surface area contributed by atoms with E-state index in [1.54, 1.807) is 0 Å². The van der Waals surface area contributed by atoms with Crippen molar-refractivity contribution in [3.8, 4) is 11.1 Å². The first-order chi connectivity index (χ1) is 16.1. The molecule has 33 heavy (non-hydrogen) atoms. The van der Waals surface area contributed by atoms with Gasteiger partial charge in [0.2, 0.25) is 0 Å². The summed E-state index contributed by atoms with van der Waals surface area (Å²) in [6, 6.07) is 23.1. The van der Waals surface area contributed by atoms with E-state index in [0.29, 0.717) is 10.8 Å². The van der Waals surface area contributed by atoms with Crippen molar-refractivity contribution in [2.24, 2.45) is 12.9 Å². The number of aryl methyl sites for hydroxylation is 1. The van der Waals surface area contributed by atoms with Crippen molar-refractivity contribution in [3.05, 3.63) is 84.1 Å². The van der Waals surface area contributed by atoms with Crippen molar-refractivity contribution in [1.82, 2.24) is 15.2 Å². The fourth-order valence-electron chi connectivity index (χ4n) is 4.40. The maximum absolute atomic E-state index is 11.6. The summed E-state index contributed by atoms with van der Waals surface area (Å²) in [7, 11) is 1.98. The number of carbonyl (C=O) groups excluding carboxylic acids is 1. The van der Waals surface area contributed by atoms with E-state index in [4.69, 9.17) is 5.84 Å². The second-order valence-electron chi connectivity index (χ2n) is 8.40. The maximum atomic E-state index is 11.6. The van der Waals surface area contributed by atoms with Crippen molar-refractivity contribution >= 4 is 34.3 Å². The molecule has 1 aliphatic heterocycles. The Morgan fingerprint density at radius 1 is 1.09 bits per heavy atom. The zero-order valence-corrected chi connectivity index (χ0v) is 19.4. The predicted molar refractivity (Wildman–Crippen MR) is 136 cm³/mol. The van der Waals surface area contributed by atoms with E-state index < -0.39 is 0 Å². The molecule has 1 amide bonds. The molecule has 2 heterocycles. The summed E-state index contributed by atoms with van der Waals surface area (Å²) in [5.74, 6) is 6.06. The van der Waals surface area contributed by atoms with Gasteiger partial charge in [-0.25, -0.2) is 5.84 Å². The molecule has 0 radical (unpaired) electrons. The summed E-state index contributed by atoms with van der Waals surface area (Å²) in [5, 5.41) is 6.02. The minimum Gasteiger partial charge on any atom is -0.370 e. The van der Waals surface area contributed by atoms with Gasteiger partial charge in [-0.3, -0.25) is 14.9 Å². The van der Waals surface area contributed by atoms with Crippen LogP contribution in [0.4, 0.5) is 5.69 Å². The van der Waals surface area contributed by atoms with Crippen LogP contribution in [0.15, 0.2) is 72.9 Å². The average Bonchev–Trinajstić information content (AvgIpc) is 3.24. The number of aromatic nitrogens is 2. The molecule has 168 valence electrons. The monoisotopic (exact) mass is 457 g/mol. The number of hydrazine groups is 1. The van der Waals surface area contributed by atoms with Gasteiger partial charge in [0, 0.05) is 47.8 Å². The number of nitrogens with zero attached hydrogens (tertiary/aromatic N) is 3. The number of nitrogens with one attached hydrogen (secondary N) is 1. The Morgan fingerprint density at radius 2 is 1.85 bits per heavy atom. The number of nitrogen functional groups attached to an aromatic ring is 1. The van der Waals surface area contributed by atoms with Crippen LogP contribution in [0, 0.1) is 0 Å². The van der Waals surface area contributed by atoms with Gasteiger partial charge < -0.3 is 4.90 Å². The summed E-state index contributed by atoms with van der Waals surface area (Å²) >= 11 is 2.03. The molecule has 0 spiro atoms. The molecule has 7 heteroatoms. The zero-order chi connectivity index (χ0) is 22.8. The standard InChI is InChI=1S/C26H27N5OS/c1-30-25-15-21(6-7-22(25)16-28-30)19-8-10-23(11-9-19)31-12-13-33-24(17-31)14-18-2-4-20(5-3-18)26(32)29-27/h2-11,15-16,24H,12-14,17,27H2,1H3,(H,29,32). The van der Waals surface area contributed by atoms with Crippen molar-refractivity contribution < 1.29 is 4.79 Å². The first-order valence-corrected chi connectivity index (χ1v) is 12.1. The number of thioether (sulfide) groups is 1. The lowest BCUT2D eigenvalue weighted by molar-refractivity contribution is 0.0953. The number of hydrogen-bond acceptors (Lipinski definition) is 5. The molecule has 1 aromatic heterocycles. The molecular weight excluding hydrogens is 430 g/mol. The van der Waals surface area contributed by atoms with Gasteiger partial charge >= 0.3 is 0 Å². The number of amides is 1. The highest BCUT2D eigenvalue weighted by Crippen LogP contribution is 2.30. The van der Waals surface area contributed by atoms with Gasteiger partial charge in [0.05, 0.1) is 11.7 Å². The molecule has 1 saturated heterocycles. The van der Waals surface area contributed by atoms with E-state index in [1.165, 1.54) is 22.4 Å². The molecular formula is C26H27N5OS. The molecule has 1 aliphatic rings. The first-order valence-electron chi connectivity index (χ1n) is 11.1. The van der Waals surface area contributed by atoms with E-state index >= 15 is 0 Å². The summed E-state index contributed by atoms with van der Waals surface area (Å²) in [6.07, 6.45) is 2.88. The van der Waals surface area contributed by atoms with E-state index in [0.717, 1.165) is 36.2 Å². The Hall–Kier alpha value is -3.29. The molecule has 0 saturated carbocycles. The van der Waals surface area contributed by atoms with Gasteiger partial charge in [-0.15, -0.1) is 0 Å². The Morgan fingerprint density at radius 3 is 2.61 bits per heavy atom. The molecule has 1 atom stereocenters. The Kier molecular flexibility index (Phi) is 6.07. The lowest BCUT2D eigenvalue weighted by Gasteiger charge is -2.34. The van der Waals surface area contributed by atoms with Crippen LogP contribution in [0.2, 0.25) is 0 Å². The molecule has 3 aromatic carbocycles. The maximum Gasteiger partial charge on any atom is 0.265 e. The number of anilines is 1. The van der Waals surface area contributed by atoms with Crippen molar-refractivity contribution in [1.29, 1.82) is 0 Å². The summed E-state index contributed by atoms with van der Waals surface area (Å²) in [5.41, 5.74) is 8.83. The van der Waals surface area contributed by atoms with Crippen molar-refractivity contribution in [2.45, 2.75) is 11.7 Å². The van der Waals surface area contributed by atoms with Gasteiger partial charge in [0.1, 0.15) is 0 Å². The molecule has 1 unspecified atom stereocenters. The Labute approximate surface area is 197 Å². The second-order valence-corrected chi connectivity index (χ2v) is 9.81. The van der Waals surface area contributed by atoms with Gasteiger partial charge in [0.25, 0.3) is 5.91 Å². The van der Waals surface area contributed by atoms with Crippen molar-refractivity contribution in [3.63, 3.8) is 0 Å². The third kappa shape index (κ3) is 4.60. The lowest BCUT2D eigenvalue weighted by Crippen LogP contribution is -2.38. The van der Waals surface area contributed by atoms with E-state index in [9.17, 15) is 4.79 Å². The number of benzene rings is 3. The molecule has 4 aromatic rings. The number of fused-ring (bicyclic) bond motifs is 1. The summed E-state index contributed by atoms with van der Waals surface area (Å²) in [6.45, 7) is 2.06. The lowest BCUT2D eigenvalue weighted by atomic mass is 10.0. The van der Waals surface area contributed by atoms with Crippen LogP contribution in [0.3, 0.4) is 0 Å². The smallest absolute Gasteiger partial charge is 0.265 e. The van der Waals surface area contributed by atoms with E-state index in [1.807, 2.05) is 54.0 Å². The Balaban J connectivity index is 1.26. The highest BCUT2D eigenvalue weighted by Gasteiger charge is 2.21. The fraction of sp³-hybridized carbons (Fsp3) is 0.231. The zero-order valence-electron chi connectivity index (χ0n) is 18.6. The van der Waals surface area contributed by atoms with Crippen LogP contribution >= 0.6 is 11.8 Å². The molecule has 1 fully saturated rings. The van der Waals surface area contributed by atoms with Crippen LogP contribution in [0.25, 0.3) is 22.0 Å². The normalized spacial score (nSPS) is 16.2. The van der Waals surface area contributed by atoms with Crippen LogP contribution in [-0.2, 0) is 13.5 Å². The molecule has 0 bridgehead atoms. The van der Waals surface area contributed by atoms with Gasteiger partial charge in [-0.05, 0) is 53.4 Å². The molecule has 6 nitrogen and oxygen atoms in total. The van der Waals surface area contributed by atoms with Crippen LogP contribution in [0.1, 0.15) is 15.9 Å². The third-order valence-electron chi connectivity index (χ3n) is 6.26. The van der Waals surface area contributed by atoms with Crippen LogP contribution in [-0.4, -0.2) is 39.8 Å². The molecule has 5 rings (SSSR count). The quantitative estimate of drug-likeness (QED) is 0.269. The average molecular weight is 458 g/mol. The molecule has 0 aliphatic carbocycles. The number of nitrogens with two attached hydrogens (primary N) is 1. The van der Waals surface area contributed by atoms with Crippen molar-refractivity contribution in [2.75, 3.05) is 23.7 Å². The highest BCUT2D eigenvalue weighted by molar-refractivity contribution is 8.00. The fourth-order valence-corrected chi connectivity index (χ4v) is 5.66. The van der Waals surface area contributed by atoms with Crippen LogP contribution < -0.4 is 16.2 Å². The SMILES string of the molecule is Cn1ncc2ccc(-c3ccc(N4CCSC(Cc5ccc(C(=O)NN)cc5)C4)cc3)cc21. The number of carbonyl (C=O) groups is 1. The minimum atomic E-state index is -0.261. The third-order valence-corrected chi connectivity index (χ3v) is 7.47. The summed E-state index contributed by atoms with van der Waals surface area (Å²) in [4.78, 5) is 14.1. The first kappa shape index (κ1) is 21.6. The molecule has 3 N–H and O–H groups in total. The second kappa shape index (κ2) is 9.29. The highest BCUT2D eigenvalue weighted by atomic mass is 32.2. The van der Waals surface area contributed by atoms with Gasteiger partial charge in [-0.2, -0.15) is 16.9 Å². The van der Waals surface area contributed by atoms with Gasteiger partial charge in [-0.1, -0.05) is 36.4 Å². The predicted octanol–water partition coefficient (Wildman–Crippen LogP) is 4.01. The largest absolute Gasteiger partial charge is 0.370 e. The van der Waals surface area contributed by atoms with E-state index in [-0.39, 0.29) is 5.91 Å². The Bertz CT molecular complexity index is 1270. The number of rotatable bonds is 5.